The van der Waals surface area contributed by atoms with E-state index in [0.717, 1.165) is 16.1 Å². The number of carbonyl (C=O) groups is 3. The number of nitrogens with one attached hydrogen (secondary N) is 2. The summed E-state index contributed by atoms with van der Waals surface area (Å²) in [5, 5.41) is 6.43. The monoisotopic (exact) mass is 409 g/mol. The number of nitrogens with zero attached hydrogens (tertiary/aromatic N) is 1. The predicted molar refractivity (Wildman–Crippen MR) is 112 cm³/mol. The molecule has 2 amide bonds. The second-order valence-electron chi connectivity index (χ2n) is 6.16. The number of ether oxygens (including phenoxy) is 1. The van der Waals surface area contributed by atoms with Crippen LogP contribution in [0.25, 0.3) is 10.6 Å². The van der Waals surface area contributed by atoms with Crippen molar-refractivity contribution in [3.63, 3.8) is 0 Å². The predicted octanol–water partition coefficient (Wildman–Crippen LogP) is 3.41. The molecule has 0 saturated carbocycles. The van der Waals surface area contributed by atoms with E-state index in [1.54, 1.807) is 31.2 Å². The molecule has 0 saturated heterocycles. The SMILES string of the molecule is COC(=O)Cc1ccc(NC(=O)C(=O)Nc2sc(-c3ccccc3)nc2C)cc1. The van der Waals surface area contributed by atoms with Gasteiger partial charge in [0, 0.05) is 11.3 Å². The minimum Gasteiger partial charge on any atom is -0.469 e. The molecule has 0 bridgehead atoms. The van der Waals surface area contributed by atoms with Crippen molar-refractivity contribution in [1.29, 1.82) is 0 Å². The van der Waals surface area contributed by atoms with Crippen LogP contribution in [0, 0.1) is 6.92 Å². The van der Waals surface area contributed by atoms with Crippen LogP contribution in [-0.4, -0.2) is 29.9 Å². The van der Waals surface area contributed by atoms with Crippen molar-refractivity contribution in [3.05, 3.63) is 65.9 Å². The van der Waals surface area contributed by atoms with Gasteiger partial charge in [0.25, 0.3) is 0 Å². The summed E-state index contributed by atoms with van der Waals surface area (Å²) in [4.78, 5) is 40.2. The lowest BCUT2D eigenvalue weighted by molar-refractivity contribution is -0.139. The molecule has 1 heterocycles. The van der Waals surface area contributed by atoms with Crippen LogP contribution in [0.4, 0.5) is 10.7 Å². The standard InChI is InChI=1S/C21H19N3O4S/c1-13-20(29-21(22-13)15-6-4-3-5-7-15)24-19(27)18(26)23-16-10-8-14(9-11-16)12-17(25)28-2/h3-11H,12H2,1-2H3,(H,23,26)(H,24,27). The van der Waals surface area contributed by atoms with Crippen LogP contribution in [0.3, 0.4) is 0 Å². The Kier molecular flexibility index (Phi) is 6.36. The first-order chi connectivity index (χ1) is 14.0. The average Bonchev–Trinajstić information content (AvgIpc) is 3.10. The molecular formula is C21H19N3O4S. The van der Waals surface area contributed by atoms with E-state index in [9.17, 15) is 14.4 Å². The smallest absolute Gasteiger partial charge is 0.314 e. The van der Waals surface area contributed by atoms with Gasteiger partial charge in [-0.05, 0) is 24.6 Å². The summed E-state index contributed by atoms with van der Waals surface area (Å²) < 4.78 is 4.61. The van der Waals surface area contributed by atoms with E-state index >= 15 is 0 Å². The molecule has 0 atom stereocenters. The van der Waals surface area contributed by atoms with Crippen LogP contribution in [0.2, 0.25) is 0 Å². The van der Waals surface area contributed by atoms with Crippen LogP contribution in [0.1, 0.15) is 11.3 Å². The zero-order valence-electron chi connectivity index (χ0n) is 15.9. The molecule has 0 aliphatic carbocycles. The average molecular weight is 409 g/mol. The Balaban J connectivity index is 1.62. The number of carbonyl (C=O) groups excluding carboxylic acids is 3. The fourth-order valence-corrected chi connectivity index (χ4v) is 3.48. The molecule has 0 radical (unpaired) electrons. The zero-order chi connectivity index (χ0) is 20.8. The Hall–Kier alpha value is -3.52. The second kappa shape index (κ2) is 9.11. The number of anilines is 2. The van der Waals surface area contributed by atoms with Crippen molar-refractivity contribution in [2.24, 2.45) is 0 Å². The van der Waals surface area contributed by atoms with Gasteiger partial charge in [-0.2, -0.15) is 0 Å². The van der Waals surface area contributed by atoms with Crippen molar-refractivity contribution in [2.75, 3.05) is 17.7 Å². The molecule has 0 aliphatic rings. The first-order valence-electron chi connectivity index (χ1n) is 8.77. The number of benzene rings is 2. The topological polar surface area (TPSA) is 97.4 Å². The Morgan fingerprint density at radius 2 is 1.62 bits per heavy atom. The molecule has 0 aliphatic heterocycles. The first-order valence-corrected chi connectivity index (χ1v) is 9.59. The molecular weight excluding hydrogens is 390 g/mol. The molecule has 3 aromatic rings. The van der Waals surface area contributed by atoms with Gasteiger partial charge in [-0.1, -0.05) is 53.8 Å². The molecule has 3 rings (SSSR count). The molecule has 148 valence electrons. The Labute approximate surface area is 171 Å². The van der Waals surface area contributed by atoms with Crippen LogP contribution < -0.4 is 10.6 Å². The largest absolute Gasteiger partial charge is 0.469 e. The van der Waals surface area contributed by atoms with Gasteiger partial charge in [0.05, 0.1) is 19.2 Å². The van der Waals surface area contributed by atoms with Crippen LogP contribution in [-0.2, 0) is 25.5 Å². The van der Waals surface area contributed by atoms with E-state index in [2.05, 4.69) is 20.4 Å². The van der Waals surface area contributed by atoms with E-state index in [-0.39, 0.29) is 12.4 Å². The lowest BCUT2D eigenvalue weighted by Crippen LogP contribution is -2.29. The first kappa shape index (κ1) is 20.2. The molecule has 8 heteroatoms. The normalized spacial score (nSPS) is 10.3. The van der Waals surface area contributed by atoms with Gasteiger partial charge < -0.3 is 15.4 Å². The molecule has 29 heavy (non-hydrogen) atoms. The Morgan fingerprint density at radius 3 is 2.28 bits per heavy atom. The van der Waals surface area contributed by atoms with Crippen molar-refractivity contribution in [1.82, 2.24) is 4.98 Å². The van der Waals surface area contributed by atoms with E-state index in [1.807, 2.05) is 30.3 Å². The molecule has 2 N–H and O–H groups in total. The number of esters is 1. The van der Waals surface area contributed by atoms with Crippen LogP contribution in [0.5, 0.6) is 0 Å². The number of hydrogen-bond acceptors (Lipinski definition) is 6. The van der Waals surface area contributed by atoms with Crippen LogP contribution >= 0.6 is 11.3 Å². The van der Waals surface area contributed by atoms with Gasteiger partial charge in [0.1, 0.15) is 10.0 Å². The number of amides is 2. The number of thiazole rings is 1. The van der Waals surface area contributed by atoms with Gasteiger partial charge >= 0.3 is 17.8 Å². The van der Waals surface area contributed by atoms with Crippen molar-refractivity contribution in [3.8, 4) is 10.6 Å². The van der Waals surface area contributed by atoms with Gasteiger partial charge in [0.2, 0.25) is 0 Å². The minimum absolute atomic E-state index is 0.139. The van der Waals surface area contributed by atoms with Crippen molar-refractivity contribution >= 4 is 39.8 Å². The maximum Gasteiger partial charge on any atom is 0.314 e. The van der Waals surface area contributed by atoms with Crippen molar-refractivity contribution < 1.29 is 19.1 Å². The fraction of sp³-hybridized carbons (Fsp3) is 0.143. The molecule has 0 fully saturated rings. The lowest BCUT2D eigenvalue weighted by atomic mass is 10.1. The second-order valence-corrected chi connectivity index (χ2v) is 7.16. The molecule has 2 aromatic carbocycles. The summed E-state index contributed by atoms with van der Waals surface area (Å²) in [6.07, 6.45) is 0.139. The minimum atomic E-state index is -0.792. The summed E-state index contributed by atoms with van der Waals surface area (Å²) in [7, 11) is 1.32. The van der Waals surface area contributed by atoms with Crippen molar-refractivity contribution in [2.45, 2.75) is 13.3 Å². The number of hydrogen-bond donors (Lipinski definition) is 2. The van der Waals surface area contributed by atoms with Gasteiger partial charge in [-0.15, -0.1) is 0 Å². The molecule has 1 aromatic heterocycles. The number of aryl methyl sites for hydroxylation is 1. The molecule has 0 unspecified atom stereocenters. The summed E-state index contributed by atoms with van der Waals surface area (Å²) in [6.45, 7) is 1.77. The summed E-state index contributed by atoms with van der Waals surface area (Å²) in [5.74, 6) is -1.93. The van der Waals surface area contributed by atoms with Gasteiger partial charge in [-0.3, -0.25) is 14.4 Å². The number of aromatic nitrogens is 1. The third-order valence-electron chi connectivity index (χ3n) is 4.04. The number of rotatable bonds is 5. The highest BCUT2D eigenvalue weighted by molar-refractivity contribution is 7.19. The fourth-order valence-electron chi connectivity index (χ4n) is 2.51. The van der Waals surface area contributed by atoms with Crippen LogP contribution in [0.15, 0.2) is 54.6 Å². The lowest BCUT2D eigenvalue weighted by Gasteiger charge is -2.06. The third kappa shape index (κ3) is 5.26. The van der Waals surface area contributed by atoms with Gasteiger partial charge in [0.15, 0.2) is 0 Å². The maximum atomic E-state index is 12.3. The highest BCUT2D eigenvalue weighted by atomic mass is 32.1. The Morgan fingerprint density at radius 1 is 0.966 bits per heavy atom. The molecule has 0 spiro atoms. The van der Waals surface area contributed by atoms with E-state index in [1.165, 1.54) is 18.4 Å². The van der Waals surface area contributed by atoms with E-state index < -0.39 is 11.8 Å². The van der Waals surface area contributed by atoms with Gasteiger partial charge in [-0.25, -0.2) is 4.98 Å². The quantitative estimate of drug-likeness (QED) is 0.497. The highest BCUT2D eigenvalue weighted by Gasteiger charge is 2.18. The Bertz CT molecular complexity index is 1030. The number of methoxy groups -OCH3 is 1. The summed E-state index contributed by atoms with van der Waals surface area (Å²) >= 11 is 1.31. The van der Waals surface area contributed by atoms with E-state index in [0.29, 0.717) is 16.4 Å². The maximum absolute atomic E-state index is 12.3. The zero-order valence-corrected chi connectivity index (χ0v) is 16.7. The summed E-state index contributed by atoms with van der Waals surface area (Å²) in [6, 6.07) is 16.2. The third-order valence-corrected chi connectivity index (χ3v) is 5.16. The van der Waals surface area contributed by atoms with E-state index in [4.69, 9.17) is 0 Å². The molecule has 7 nitrogen and oxygen atoms in total. The highest BCUT2D eigenvalue weighted by Crippen LogP contribution is 2.31. The summed E-state index contributed by atoms with van der Waals surface area (Å²) in [5.41, 5.74) is 2.78.